The molecule has 0 saturated carbocycles. The van der Waals surface area contributed by atoms with Crippen LogP contribution in [0.15, 0.2) is 52.9 Å². The number of carbonyl (C=O) groups excluding carboxylic acids is 1. The van der Waals surface area contributed by atoms with Gasteiger partial charge in [-0.25, -0.2) is 4.98 Å². The lowest BCUT2D eigenvalue weighted by atomic mass is 9.97. The molecule has 1 amide bonds. The van der Waals surface area contributed by atoms with Crippen LogP contribution < -0.4 is 5.32 Å². The molecule has 3 aromatic rings. The molecule has 4 rings (SSSR count). The number of benzene rings is 2. The fourth-order valence-corrected chi connectivity index (χ4v) is 5.82. The molecule has 29 heavy (non-hydrogen) atoms. The summed E-state index contributed by atoms with van der Waals surface area (Å²) in [6.07, 6.45) is 2.33. The number of piperidine rings is 1. The second-order valence-electron chi connectivity index (χ2n) is 7.41. The Bertz CT molecular complexity index is 944. The lowest BCUT2D eigenvalue weighted by molar-refractivity contribution is -0.118. The Balaban J connectivity index is 1.21. The minimum Gasteiger partial charge on any atom is -0.355 e. The van der Waals surface area contributed by atoms with Gasteiger partial charge in [0.05, 0.1) is 16.0 Å². The van der Waals surface area contributed by atoms with Crippen LogP contribution in [0.25, 0.3) is 10.2 Å². The fourth-order valence-electron chi connectivity index (χ4n) is 3.70. The second kappa shape index (κ2) is 9.94. The third kappa shape index (κ3) is 5.95. The van der Waals surface area contributed by atoms with Crippen molar-refractivity contribution in [2.24, 2.45) is 5.92 Å². The van der Waals surface area contributed by atoms with E-state index >= 15 is 0 Å². The summed E-state index contributed by atoms with van der Waals surface area (Å²) < 4.78 is 2.11. The van der Waals surface area contributed by atoms with Crippen molar-refractivity contribution < 1.29 is 4.79 Å². The maximum Gasteiger partial charge on any atom is 0.230 e. The Labute approximate surface area is 184 Å². The summed E-state index contributed by atoms with van der Waals surface area (Å²) in [4.78, 5) is 19.3. The number of hydrogen-bond acceptors (Lipinski definition) is 5. The van der Waals surface area contributed by atoms with E-state index in [0.29, 0.717) is 11.7 Å². The summed E-state index contributed by atoms with van der Waals surface area (Å²) in [7, 11) is 0. The molecule has 7 heteroatoms. The number of fused-ring (bicyclic) bond motifs is 1. The maximum absolute atomic E-state index is 12.3. The summed E-state index contributed by atoms with van der Waals surface area (Å²) in [5.41, 5.74) is 2.25. The molecule has 2 aromatic carbocycles. The van der Waals surface area contributed by atoms with Gasteiger partial charge in [0.25, 0.3) is 0 Å². The Kier molecular flexibility index (Phi) is 7.08. The number of nitrogens with zero attached hydrogens (tertiary/aromatic N) is 2. The van der Waals surface area contributed by atoms with E-state index in [9.17, 15) is 4.79 Å². The SMILES string of the molecule is O=C(CSc1nc2ccccc2s1)NCC1CCCN(Cc2cccc(Cl)c2)C1. The zero-order chi connectivity index (χ0) is 20.1. The van der Waals surface area contributed by atoms with Crippen LogP contribution >= 0.6 is 34.7 Å². The van der Waals surface area contributed by atoms with Crippen molar-refractivity contribution in [2.45, 2.75) is 23.7 Å². The van der Waals surface area contributed by atoms with Gasteiger partial charge in [0, 0.05) is 24.7 Å². The summed E-state index contributed by atoms with van der Waals surface area (Å²) >= 11 is 9.26. The van der Waals surface area contributed by atoms with E-state index in [1.165, 1.54) is 23.7 Å². The molecule has 0 spiro atoms. The van der Waals surface area contributed by atoms with Gasteiger partial charge in [-0.2, -0.15) is 0 Å². The first-order chi connectivity index (χ1) is 14.2. The molecule has 0 aliphatic carbocycles. The van der Waals surface area contributed by atoms with E-state index in [4.69, 9.17) is 11.6 Å². The van der Waals surface area contributed by atoms with Crippen LogP contribution in [0.4, 0.5) is 0 Å². The van der Waals surface area contributed by atoms with Crippen molar-refractivity contribution in [1.82, 2.24) is 15.2 Å². The van der Waals surface area contributed by atoms with E-state index < -0.39 is 0 Å². The number of para-hydroxylation sites is 1. The number of nitrogens with one attached hydrogen (secondary N) is 1. The first-order valence-corrected chi connectivity index (χ1v) is 12.1. The molecule has 1 aliphatic heterocycles. The number of carbonyl (C=O) groups is 1. The van der Waals surface area contributed by atoms with Gasteiger partial charge in [-0.1, -0.05) is 47.6 Å². The van der Waals surface area contributed by atoms with Crippen molar-refractivity contribution in [2.75, 3.05) is 25.4 Å². The predicted molar refractivity (Wildman–Crippen MR) is 123 cm³/mol. The summed E-state index contributed by atoms with van der Waals surface area (Å²) in [5, 5.41) is 3.91. The smallest absolute Gasteiger partial charge is 0.230 e. The van der Waals surface area contributed by atoms with Crippen molar-refractivity contribution in [3.8, 4) is 0 Å². The largest absolute Gasteiger partial charge is 0.355 e. The number of likely N-dealkylation sites (tertiary alicyclic amines) is 1. The monoisotopic (exact) mass is 445 g/mol. The molecule has 0 radical (unpaired) electrons. The van der Waals surface area contributed by atoms with E-state index in [2.05, 4.69) is 27.3 Å². The summed E-state index contributed by atoms with van der Waals surface area (Å²) in [6.45, 7) is 3.77. The minimum absolute atomic E-state index is 0.0845. The molecule has 1 aliphatic rings. The third-order valence-electron chi connectivity index (χ3n) is 5.09. The van der Waals surface area contributed by atoms with Crippen LogP contribution in [-0.4, -0.2) is 41.2 Å². The molecule has 1 fully saturated rings. The Morgan fingerprint density at radius 2 is 2.17 bits per heavy atom. The van der Waals surface area contributed by atoms with Gasteiger partial charge in [0.1, 0.15) is 0 Å². The molecule has 0 bridgehead atoms. The number of rotatable bonds is 7. The van der Waals surface area contributed by atoms with Crippen molar-refractivity contribution in [1.29, 1.82) is 0 Å². The van der Waals surface area contributed by atoms with Crippen molar-refractivity contribution in [3.05, 3.63) is 59.1 Å². The Morgan fingerprint density at radius 1 is 1.28 bits per heavy atom. The highest BCUT2D eigenvalue weighted by Crippen LogP contribution is 2.29. The Morgan fingerprint density at radius 3 is 3.03 bits per heavy atom. The normalized spacial score (nSPS) is 17.5. The lowest BCUT2D eigenvalue weighted by Gasteiger charge is -2.32. The molecule has 1 unspecified atom stereocenters. The second-order valence-corrected chi connectivity index (χ2v) is 10.1. The van der Waals surface area contributed by atoms with Gasteiger partial charge in [0.2, 0.25) is 5.91 Å². The molecule has 4 nitrogen and oxygen atoms in total. The number of halogens is 1. The zero-order valence-corrected chi connectivity index (χ0v) is 18.5. The number of aromatic nitrogens is 1. The van der Waals surface area contributed by atoms with Gasteiger partial charge in [0.15, 0.2) is 4.34 Å². The van der Waals surface area contributed by atoms with Gasteiger partial charge in [-0.05, 0) is 55.1 Å². The highest BCUT2D eigenvalue weighted by atomic mass is 35.5. The summed E-state index contributed by atoms with van der Waals surface area (Å²) in [5.74, 6) is 0.999. The molecule has 1 N–H and O–H groups in total. The average Bonchev–Trinajstić information content (AvgIpc) is 3.14. The molecule has 1 atom stereocenters. The minimum atomic E-state index is 0.0845. The highest BCUT2D eigenvalue weighted by Gasteiger charge is 2.20. The number of hydrogen-bond donors (Lipinski definition) is 1. The number of thioether (sulfide) groups is 1. The molecule has 1 saturated heterocycles. The molecule has 2 heterocycles. The van der Waals surface area contributed by atoms with Crippen LogP contribution in [0.1, 0.15) is 18.4 Å². The van der Waals surface area contributed by atoms with Crippen LogP contribution in [-0.2, 0) is 11.3 Å². The average molecular weight is 446 g/mol. The lowest BCUT2D eigenvalue weighted by Crippen LogP contribution is -2.40. The zero-order valence-electron chi connectivity index (χ0n) is 16.1. The van der Waals surface area contributed by atoms with Gasteiger partial charge in [-0.3, -0.25) is 9.69 Å². The highest BCUT2D eigenvalue weighted by molar-refractivity contribution is 8.01. The van der Waals surface area contributed by atoms with Crippen LogP contribution in [0.5, 0.6) is 0 Å². The van der Waals surface area contributed by atoms with E-state index in [1.54, 1.807) is 11.3 Å². The van der Waals surface area contributed by atoms with Crippen LogP contribution in [0.3, 0.4) is 0 Å². The van der Waals surface area contributed by atoms with E-state index in [1.807, 2.05) is 36.4 Å². The molecular weight excluding hydrogens is 422 g/mol. The molecule has 152 valence electrons. The van der Waals surface area contributed by atoms with Crippen LogP contribution in [0, 0.1) is 5.92 Å². The predicted octanol–water partition coefficient (Wildman–Crippen LogP) is 5.07. The fraction of sp³-hybridized carbons (Fsp3) is 0.364. The topological polar surface area (TPSA) is 45.2 Å². The quantitative estimate of drug-likeness (QED) is 0.515. The number of amides is 1. The first kappa shape index (κ1) is 20.7. The molecular formula is C22H24ClN3OS2. The van der Waals surface area contributed by atoms with Gasteiger partial charge in [-0.15, -0.1) is 11.3 Å². The third-order valence-corrected chi connectivity index (χ3v) is 7.50. The standard InChI is InChI=1S/C22H24ClN3OS2/c23-18-7-3-5-16(11-18)13-26-10-4-6-17(14-26)12-24-21(27)15-28-22-25-19-8-1-2-9-20(19)29-22/h1-3,5,7-9,11,17H,4,6,10,12-15H2,(H,24,27). The van der Waals surface area contributed by atoms with E-state index in [0.717, 1.165) is 52.2 Å². The summed E-state index contributed by atoms with van der Waals surface area (Å²) in [6, 6.07) is 16.1. The van der Waals surface area contributed by atoms with Gasteiger partial charge >= 0.3 is 0 Å². The van der Waals surface area contributed by atoms with E-state index in [-0.39, 0.29) is 5.91 Å². The molecule has 1 aromatic heterocycles. The van der Waals surface area contributed by atoms with Crippen LogP contribution in [0.2, 0.25) is 5.02 Å². The van der Waals surface area contributed by atoms with Gasteiger partial charge < -0.3 is 5.32 Å². The van der Waals surface area contributed by atoms with Crippen molar-refractivity contribution in [3.63, 3.8) is 0 Å². The maximum atomic E-state index is 12.3. The van der Waals surface area contributed by atoms with Crippen molar-refractivity contribution >= 4 is 50.8 Å². The number of thiazole rings is 1. The first-order valence-electron chi connectivity index (χ1n) is 9.87. The Hall–Kier alpha value is -1.60.